The van der Waals surface area contributed by atoms with Gasteiger partial charge < -0.3 is 10.3 Å². The normalized spacial score (nSPS) is 11.1. The Bertz CT molecular complexity index is 1090. The molecular formula is C18H14ClN5O. The van der Waals surface area contributed by atoms with Crippen LogP contribution >= 0.6 is 11.6 Å². The topological polar surface area (TPSA) is 78.7 Å². The summed E-state index contributed by atoms with van der Waals surface area (Å²) in [6.07, 6.45) is 1.79. The Hall–Kier alpha value is -3.12. The SMILES string of the molecule is Cn1cc(C(=O)c2nn(-c3ccc(Cl)cc3)nc2N)c2ccccc21. The number of aromatic nitrogens is 4. The van der Waals surface area contributed by atoms with Crippen molar-refractivity contribution in [1.29, 1.82) is 0 Å². The van der Waals surface area contributed by atoms with Crippen LogP contribution < -0.4 is 5.73 Å². The molecule has 0 atom stereocenters. The van der Waals surface area contributed by atoms with Crippen molar-refractivity contribution in [2.24, 2.45) is 7.05 Å². The van der Waals surface area contributed by atoms with Gasteiger partial charge in [-0.05, 0) is 30.3 Å². The number of fused-ring (bicyclic) bond motifs is 1. The van der Waals surface area contributed by atoms with E-state index >= 15 is 0 Å². The standard InChI is InChI=1S/C18H14ClN5O/c1-23-10-14(13-4-2-3-5-15(13)23)17(25)16-18(20)22-24(21-16)12-8-6-11(19)7-9-12/h2-10H,1H3,(H2,20,22). The predicted molar refractivity (Wildman–Crippen MR) is 97.1 cm³/mol. The lowest BCUT2D eigenvalue weighted by molar-refractivity contribution is 0.103. The number of hydrogen-bond acceptors (Lipinski definition) is 4. The Labute approximate surface area is 148 Å². The second kappa shape index (κ2) is 5.75. The third-order valence-corrected chi connectivity index (χ3v) is 4.31. The number of carbonyl (C=O) groups excluding carboxylic acids is 1. The zero-order valence-electron chi connectivity index (χ0n) is 13.3. The summed E-state index contributed by atoms with van der Waals surface area (Å²) in [5.41, 5.74) is 8.27. The third-order valence-electron chi connectivity index (χ3n) is 4.05. The van der Waals surface area contributed by atoms with Gasteiger partial charge in [0.25, 0.3) is 0 Å². The highest BCUT2D eigenvalue weighted by Crippen LogP contribution is 2.24. The van der Waals surface area contributed by atoms with Crippen molar-refractivity contribution in [2.45, 2.75) is 0 Å². The predicted octanol–water partition coefficient (Wildman–Crippen LogP) is 3.23. The van der Waals surface area contributed by atoms with Gasteiger partial charge in [0, 0.05) is 34.7 Å². The van der Waals surface area contributed by atoms with Gasteiger partial charge in [0.1, 0.15) is 0 Å². The Morgan fingerprint density at radius 1 is 1.08 bits per heavy atom. The van der Waals surface area contributed by atoms with E-state index in [4.69, 9.17) is 17.3 Å². The van der Waals surface area contributed by atoms with Crippen molar-refractivity contribution in [2.75, 3.05) is 5.73 Å². The zero-order valence-corrected chi connectivity index (χ0v) is 14.1. The molecule has 0 spiro atoms. The number of nitrogens with zero attached hydrogens (tertiary/aromatic N) is 4. The number of nitrogens with two attached hydrogens (primary N) is 1. The molecule has 0 fully saturated rings. The molecule has 2 aromatic heterocycles. The highest BCUT2D eigenvalue weighted by molar-refractivity contribution is 6.30. The Morgan fingerprint density at radius 2 is 1.80 bits per heavy atom. The highest BCUT2D eigenvalue weighted by Gasteiger charge is 2.22. The molecule has 25 heavy (non-hydrogen) atoms. The largest absolute Gasteiger partial charge is 0.380 e. The van der Waals surface area contributed by atoms with Crippen molar-refractivity contribution in [3.63, 3.8) is 0 Å². The maximum atomic E-state index is 13.0. The number of halogens is 1. The number of ketones is 1. The molecule has 4 rings (SSSR count). The summed E-state index contributed by atoms with van der Waals surface area (Å²) in [6, 6.07) is 14.7. The molecule has 0 amide bonds. The molecule has 0 saturated carbocycles. The van der Waals surface area contributed by atoms with Crippen LogP contribution in [0.4, 0.5) is 5.82 Å². The number of rotatable bonds is 3. The molecule has 124 valence electrons. The lowest BCUT2D eigenvalue weighted by Crippen LogP contribution is -2.05. The van der Waals surface area contributed by atoms with Gasteiger partial charge in [0.05, 0.1) is 5.69 Å². The van der Waals surface area contributed by atoms with E-state index < -0.39 is 0 Å². The van der Waals surface area contributed by atoms with Crippen molar-refractivity contribution < 1.29 is 4.79 Å². The van der Waals surface area contributed by atoms with E-state index in [0.717, 1.165) is 10.9 Å². The number of hydrogen-bond donors (Lipinski definition) is 1. The Kier molecular flexibility index (Phi) is 3.54. The van der Waals surface area contributed by atoms with E-state index in [9.17, 15) is 4.79 Å². The number of anilines is 1. The van der Waals surface area contributed by atoms with Crippen molar-refractivity contribution in [3.05, 3.63) is 71.0 Å². The fraction of sp³-hybridized carbons (Fsp3) is 0.0556. The minimum absolute atomic E-state index is 0.0906. The van der Waals surface area contributed by atoms with Gasteiger partial charge in [-0.3, -0.25) is 4.79 Å². The molecule has 0 saturated heterocycles. The molecule has 2 aromatic carbocycles. The quantitative estimate of drug-likeness (QED) is 0.575. The molecule has 0 unspecified atom stereocenters. The molecule has 0 aliphatic rings. The van der Waals surface area contributed by atoms with Crippen molar-refractivity contribution in [3.8, 4) is 5.69 Å². The molecule has 0 aliphatic carbocycles. The smallest absolute Gasteiger partial charge is 0.219 e. The second-order valence-corrected chi connectivity index (χ2v) is 6.14. The molecule has 0 bridgehead atoms. The van der Waals surface area contributed by atoms with Gasteiger partial charge in [-0.15, -0.1) is 15.0 Å². The monoisotopic (exact) mass is 351 g/mol. The van der Waals surface area contributed by atoms with Gasteiger partial charge in [-0.1, -0.05) is 29.8 Å². The lowest BCUT2D eigenvalue weighted by atomic mass is 10.1. The van der Waals surface area contributed by atoms with Crippen LogP contribution in [0.15, 0.2) is 54.7 Å². The first-order chi connectivity index (χ1) is 12.0. The van der Waals surface area contributed by atoms with Crippen molar-refractivity contribution in [1.82, 2.24) is 19.6 Å². The van der Waals surface area contributed by atoms with E-state index in [2.05, 4.69) is 10.2 Å². The number of aryl methyl sites for hydroxylation is 1. The van der Waals surface area contributed by atoms with Crippen LogP contribution in [0.25, 0.3) is 16.6 Å². The zero-order chi connectivity index (χ0) is 17.6. The first kappa shape index (κ1) is 15.4. The summed E-state index contributed by atoms with van der Waals surface area (Å²) in [5, 5.41) is 9.90. The van der Waals surface area contributed by atoms with Gasteiger partial charge in [-0.2, -0.15) is 0 Å². The average molecular weight is 352 g/mol. The molecular weight excluding hydrogens is 338 g/mol. The van der Waals surface area contributed by atoms with Gasteiger partial charge in [0.2, 0.25) is 5.78 Å². The molecule has 0 aliphatic heterocycles. The fourth-order valence-electron chi connectivity index (χ4n) is 2.82. The maximum Gasteiger partial charge on any atom is 0.219 e. The fourth-order valence-corrected chi connectivity index (χ4v) is 2.95. The maximum absolute atomic E-state index is 13.0. The summed E-state index contributed by atoms with van der Waals surface area (Å²) >= 11 is 5.89. The van der Waals surface area contributed by atoms with E-state index in [1.807, 2.05) is 35.9 Å². The van der Waals surface area contributed by atoms with E-state index in [1.54, 1.807) is 30.5 Å². The van der Waals surface area contributed by atoms with Crippen LogP contribution in [-0.4, -0.2) is 25.3 Å². The van der Waals surface area contributed by atoms with E-state index in [-0.39, 0.29) is 17.3 Å². The lowest BCUT2D eigenvalue weighted by Gasteiger charge is -1.98. The number of nitrogen functional groups attached to an aromatic ring is 1. The molecule has 4 aromatic rings. The highest BCUT2D eigenvalue weighted by atomic mass is 35.5. The molecule has 2 heterocycles. The second-order valence-electron chi connectivity index (χ2n) is 5.70. The minimum Gasteiger partial charge on any atom is -0.380 e. The Balaban J connectivity index is 1.79. The van der Waals surface area contributed by atoms with Gasteiger partial charge in [-0.25, -0.2) is 0 Å². The van der Waals surface area contributed by atoms with Gasteiger partial charge >= 0.3 is 0 Å². The summed E-state index contributed by atoms with van der Waals surface area (Å²) in [5.74, 6) is -0.164. The first-order valence-corrected chi connectivity index (χ1v) is 8.00. The van der Waals surface area contributed by atoms with E-state index in [1.165, 1.54) is 4.80 Å². The van der Waals surface area contributed by atoms with Crippen molar-refractivity contribution >= 4 is 34.1 Å². The summed E-state index contributed by atoms with van der Waals surface area (Å²) < 4.78 is 1.91. The van der Waals surface area contributed by atoms with E-state index in [0.29, 0.717) is 16.3 Å². The van der Waals surface area contributed by atoms with Crippen LogP contribution in [0.3, 0.4) is 0 Å². The third kappa shape index (κ3) is 2.56. The molecule has 0 radical (unpaired) electrons. The minimum atomic E-state index is -0.255. The van der Waals surface area contributed by atoms with Crippen LogP contribution in [-0.2, 0) is 7.05 Å². The van der Waals surface area contributed by atoms with Crippen LogP contribution in [0, 0.1) is 0 Å². The first-order valence-electron chi connectivity index (χ1n) is 7.62. The molecule has 6 nitrogen and oxygen atoms in total. The summed E-state index contributed by atoms with van der Waals surface area (Å²) in [4.78, 5) is 14.3. The van der Waals surface area contributed by atoms with Crippen LogP contribution in [0.5, 0.6) is 0 Å². The molecule has 2 N–H and O–H groups in total. The Morgan fingerprint density at radius 3 is 2.56 bits per heavy atom. The number of benzene rings is 2. The number of carbonyl (C=O) groups is 1. The van der Waals surface area contributed by atoms with Crippen LogP contribution in [0.2, 0.25) is 5.02 Å². The van der Waals surface area contributed by atoms with Crippen LogP contribution in [0.1, 0.15) is 16.1 Å². The molecule has 7 heteroatoms. The van der Waals surface area contributed by atoms with Gasteiger partial charge in [0.15, 0.2) is 11.5 Å². The summed E-state index contributed by atoms with van der Waals surface area (Å²) in [7, 11) is 1.90. The number of para-hydroxylation sites is 1. The summed E-state index contributed by atoms with van der Waals surface area (Å²) in [6.45, 7) is 0. The average Bonchev–Trinajstić information content (AvgIpc) is 3.16.